The van der Waals surface area contributed by atoms with Crippen LogP contribution in [0, 0.1) is 0 Å². The molecule has 3 N–H and O–H groups in total. The van der Waals surface area contributed by atoms with Crippen molar-refractivity contribution in [2.75, 3.05) is 0 Å². The molecule has 6 nitrogen and oxygen atoms in total. The average Bonchev–Trinajstić information content (AvgIpc) is 2.65. The molecule has 0 aromatic carbocycles. The minimum absolute atomic E-state index is 0.0343. The summed E-state index contributed by atoms with van der Waals surface area (Å²) in [6.07, 6.45) is 2.84. The van der Waals surface area contributed by atoms with Gasteiger partial charge in [0, 0.05) is 22.9 Å². The molecule has 2 bridgehead atoms. The average molecular weight is 264 g/mol. The maximum absolute atomic E-state index is 10.7. The molecule has 102 valence electrons. The number of nitrogens with zero attached hydrogens (tertiary/aromatic N) is 1. The summed E-state index contributed by atoms with van der Waals surface area (Å²) in [6.45, 7) is 0. The lowest BCUT2D eigenvalue weighted by atomic mass is 9.38. The van der Waals surface area contributed by atoms with Gasteiger partial charge in [-0.25, -0.2) is 4.79 Å². The lowest BCUT2D eigenvalue weighted by molar-refractivity contribution is -0.0862. The zero-order valence-electron chi connectivity index (χ0n) is 10.4. The van der Waals surface area contributed by atoms with Gasteiger partial charge in [-0.05, 0) is 32.1 Å². The van der Waals surface area contributed by atoms with Crippen LogP contribution in [0.25, 0.3) is 0 Å². The van der Waals surface area contributed by atoms with Crippen LogP contribution in [0.5, 0.6) is 0 Å². The summed E-state index contributed by atoms with van der Waals surface area (Å²) in [7, 11) is 0. The van der Waals surface area contributed by atoms with E-state index >= 15 is 0 Å². The smallest absolute Gasteiger partial charge is 0.405 e. The second-order valence-corrected chi connectivity index (χ2v) is 6.46. The predicted octanol–water partition coefficient (Wildman–Crippen LogP) is 1.35. The minimum Gasteiger partial charge on any atom is -0.465 e. The minimum atomic E-state index is -0.947. The predicted molar refractivity (Wildman–Crippen MR) is 63.9 cm³/mol. The van der Waals surface area contributed by atoms with E-state index < -0.39 is 6.09 Å². The van der Waals surface area contributed by atoms with E-state index in [0.717, 1.165) is 43.6 Å². The highest BCUT2D eigenvalue weighted by molar-refractivity contribution is 5.67. The Balaban J connectivity index is 1.44. The second kappa shape index (κ2) is 3.30. The van der Waals surface area contributed by atoms with Gasteiger partial charge in [0.05, 0.1) is 11.8 Å². The highest BCUT2D eigenvalue weighted by Crippen LogP contribution is 2.67. The number of hydrogen-bond acceptors (Lipinski definition) is 4. The van der Waals surface area contributed by atoms with Crippen LogP contribution in [0.2, 0.25) is 0 Å². The van der Waals surface area contributed by atoms with E-state index in [1.807, 2.05) is 6.07 Å². The fourth-order valence-corrected chi connectivity index (χ4v) is 3.97. The fraction of sp³-hybridized carbons (Fsp3) is 0.692. The molecule has 0 aliphatic heterocycles. The molecule has 4 fully saturated rings. The van der Waals surface area contributed by atoms with E-state index in [1.54, 1.807) is 0 Å². The molecule has 0 radical (unpaired) electrons. The Kier molecular flexibility index (Phi) is 1.96. The van der Waals surface area contributed by atoms with Crippen LogP contribution in [0.4, 0.5) is 4.79 Å². The molecule has 1 aromatic rings. The third-order valence-electron chi connectivity index (χ3n) is 4.99. The van der Waals surface area contributed by atoms with Gasteiger partial charge in [0.25, 0.3) is 0 Å². The van der Waals surface area contributed by atoms with Crippen LogP contribution in [0.3, 0.4) is 0 Å². The maximum atomic E-state index is 10.7. The van der Waals surface area contributed by atoms with E-state index in [2.05, 4.69) is 10.5 Å². The van der Waals surface area contributed by atoms with Crippen LogP contribution in [-0.4, -0.2) is 33.1 Å². The van der Waals surface area contributed by atoms with Crippen LogP contribution in [0.1, 0.15) is 49.5 Å². The molecule has 1 aromatic heterocycles. The largest absolute Gasteiger partial charge is 0.465 e. The molecule has 6 heteroatoms. The van der Waals surface area contributed by atoms with Gasteiger partial charge in [-0.2, -0.15) is 0 Å². The number of aromatic nitrogens is 1. The van der Waals surface area contributed by atoms with E-state index in [-0.39, 0.29) is 17.1 Å². The van der Waals surface area contributed by atoms with Crippen molar-refractivity contribution in [2.24, 2.45) is 0 Å². The number of amides is 1. The topological polar surface area (TPSA) is 95.6 Å². The Hall–Kier alpha value is -1.56. The van der Waals surface area contributed by atoms with Crippen molar-refractivity contribution in [3.8, 4) is 0 Å². The van der Waals surface area contributed by atoms with Gasteiger partial charge in [-0.15, -0.1) is 0 Å². The van der Waals surface area contributed by atoms with Crippen molar-refractivity contribution in [3.05, 3.63) is 17.5 Å². The third-order valence-corrected chi connectivity index (χ3v) is 4.99. The molecule has 4 aliphatic carbocycles. The van der Waals surface area contributed by atoms with Gasteiger partial charge in [-0.3, -0.25) is 0 Å². The quantitative estimate of drug-likeness (QED) is 0.766. The first kappa shape index (κ1) is 11.3. The highest BCUT2D eigenvalue weighted by Gasteiger charge is 2.70. The van der Waals surface area contributed by atoms with Crippen molar-refractivity contribution in [1.82, 2.24) is 10.5 Å². The molecular formula is C13H16N2O4. The van der Waals surface area contributed by atoms with Gasteiger partial charge >= 0.3 is 6.09 Å². The number of carboxylic acid groups (broad SMARTS) is 1. The Labute approximate surface area is 109 Å². The van der Waals surface area contributed by atoms with Crippen molar-refractivity contribution in [2.45, 2.75) is 55.1 Å². The SMILES string of the molecule is O=C(O)NC12CC(c3cc([C@H]4C[C@@H](O)C4)on3)(C1)C2. The van der Waals surface area contributed by atoms with Crippen molar-refractivity contribution in [1.29, 1.82) is 0 Å². The van der Waals surface area contributed by atoms with Gasteiger partial charge in [0.1, 0.15) is 5.76 Å². The van der Waals surface area contributed by atoms with Crippen LogP contribution < -0.4 is 5.32 Å². The van der Waals surface area contributed by atoms with Crippen LogP contribution in [0.15, 0.2) is 10.6 Å². The van der Waals surface area contributed by atoms with Crippen LogP contribution >= 0.6 is 0 Å². The third kappa shape index (κ3) is 1.46. The molecule has 0 saturated heterocycles. The molecule has 19 heavy (non-hydrogen) atoms. The van der Waals surface area contributed by atoms with Gasteiger partial charge < -0.3 is 20.1 Å². The molecule has 1 heterocycles. The monoisotopic (exact) mass is 264 g/mol. The summed E-state index contributed by atoms with van der Waals surface area (Å²) >= 11 is 0. The van der Waals surface area contributed by atoms with Gasteiger partial charge in [-0.1, -0.05) is 5.16 Å². The van der Waals surface area contributed by atoms with Crippen LogP contribution in [-0.2, 0) is 5.41 Å². The molecule has 0 spiro atoms. The standard InChI is InChI=1S/C13H16N2O4/c16-8-1-7(2-8)9-3-10(15-19-9)12-4-13(5-12,6-12)14-11(17)18/h3,7-8,14,16H,1-2,4-6H2,(H,17,18)/t7-,8+,12?,13?. The first-order valence-corrected chi connectivity index (χ1v) is 6.67. The maximum Gasteiger partial charge on any atom is 0.405 e. The normalized spacial score (nSPS) is 42.8. The summed E-state index contributed by atoms with van der Waals surface area (Å²) in [5.41, 5.74) is 0.780. The number of hydrogen-bond donors (Lipinski definition) is 3. The summed E-state index contributed by atoms with van der Waals surface area (Å²) < 4.78 is 5.38. The number of aliphatic hydroxyl groups is 1. The van der Waals surface area contributed by atoms with Crippen molar-refractivity contribution < 1.29 is 19.5 Å². The van der Waals surface area contributed by atoms with E-state index in [0.29, 0.717) is 5.92 Å². The van der Waals surface area contributed by atoms with Crippen molar-refractivity contribution >= 4 is 6.09 Å². The number of carbonyl (C=O) groups is 1. The van der Waals surface area contributed by atoms with E-state index in [4.69, 9.17) is 9.63 Å². The number of aliphatic hydroxyl groups excluding tert-OH is 1. The van der Waals surface area contributed by atoms with E-state index in [1.165, 1.54) is 0 Å². The highest BCUT2D eigenvalue weighted by atomic mass is 16.5. The fourth-order valence-electron chi connectivity index (χ4n) is 3.97. The number of rotatable bonds is 3. The Morgan fingerprint density at radius 1 is 1.42 bits per heavy atom. The Bertz CT molecular complexity index is 527. The summed E-state index contributed by atoms with van der Waals surface area (Å²) in [4.78, 5) is 10.7. The lowest BCUT2D eigenvalue weighted by Crippen LogP contribution is -2.76. The molecule has 0 unspecified atom stereocenters. The van der Waals surface area contributed by atoms with E-state index in [9.17, 15) is 9.90 Å². The van der Waals surface area contributed by atoms with Gasteiger partial charge in [0.15, 0.2) is 0 Å². The summed E-state index contributed by atoms with van der Waals surface area (Å²) in [5, 5.41) is 24.8. The summed E-state index contributed by atoms with van der Waals surface area (Å²) in [5.74, 6) is 1.17. The molecule has 4 saturated carbocycles. The number of nitrogens with one attached hydrogen (secondary N) is 1. The zero-order valence-corrected chi connectivity index (χ0v) is 10.4. The molecule has 5 rings (SSSR count). The molecule has 0 atom stereocenters. The zero-order chi connectivity index (χ0) is 13.3. The second-order valence-electron chi connectivity index (χ2n) is 6.46. The first-order valence-electron chi connectivity index (χ1n) is 6.67. The van der Waals surface area contributed by atoms with Crippen molar-refractivity contribution in [3.63, 3.8) is 0 Å². The molecular weight excluding hydrogens is 248 g/mol. The first-order chi connectivity index (χ1) is 9.00. The Morgan fingerprint density at radius 2 is 2.11 bits per heavy atom. The Morgan fingerprint density at radius 3 is 2.68 bits per heavy atom. The van der Waals surface area contributed by atoms with Gasteiger partial charge in [0.2, 0.25) is 0 Å². The molecule has 1 amide bonds. The molecule has 4 aliphatic rings. The summed E-state index contributed by atoms with van der Waals surface area (Å²) in [6, 6.07) is 2.00. The lowest BCUT2D eigenvalue weighted by Gasteiger charge is -2.69.